The molecule has 0 saturated carbocycles. The summed E-state index contributed by atoms with van der Waals surface area (Å²) in [6.45, 7) is 2.34. The number of nitrogens with zero attached hydrogens (tertiary/aromatic N) is 2. The molecule has 1 unspecified atom stereocenters. The topological polar surface area (TPSA) is 79.1 Å². The van der Waals surface area contributed by atoms with Gasteiger partial charge in [-0.2, -0.15) is 0 Å². The number of nitrogens with one attached hydrogen (secondary N) is 2. The summed E-state index contributed by atoms with van der Waals surface area (Å²) in [6.07, 6.45) is 2.64. The zero-order chi connectivity index (χ0) is 19.1. The number of carbonyl (C=O) groups excluding carboxylic acids is 1. The lowest BCUT2D eigenvalue weighted by Crippen LogP contribution is -2.44. The van der Waals surface area contributed by atoms with Gasteiger partial charge in [0.1, 0.15) is 11.5 Å². The number of carbonyl (C=O) groups is 1. The third kappa shape index (κ3) is 5.03. The first-order chi connectivity index (χ1) is 13.2. The Labute approximate surface area is 159 Å². The maximum atomic E-state index is 12.0. The first-order valence-corrected chi connectivity index (χ1v) is 9.08. The standard InChI is InChI=1S/C20H26N4O3/c1-21-20(23-13-19(25)22-12-18-4-3-11-27-18)24-10-9-16(14-24)15-5-7-17(26-2)8-6-15/h3-8,11,16H,9-10,12-14H2,1-2H3,(H,21,23)(H,22,25). The number of amides is 1. The molecule has 3 rings (SSSR count). The SMILES string of the molecule is CN=C(NCC(=O)NCc1ccco1)N1CCC(c2ccc(OC)cc2)C1. The number of furan rings is 1. The van der Waals surface area contributed by atoms with Gasteiger partial charge >= 0.3 is 0 Å². The Hall–Kier alpha value is -2.96. The molecule has 1 fully saturated rings. The molecular formula is C20H26N4O3. The van der Waals surface area contributed by atoms with Crippen LogP contribution in [0.4, 0.5) is 0 Å². The third-order valence-electron chi connectivity index (χ3n) is 4.73. The van der Waals surface area contributed by atoms with Gasteiger partial charge in [-0.1, -0.05) is 12.1 Å². The van der Waals surface area contributed by atoms with E-state index in [-0.39, 0.29) is 12.5 Å². The molecule has 27 heavy (non-hydrogen) atoms. The van der Waals surface area contributed by atoms with Gasteiger partial charge in [-0.25, -0.2) is 0 Å². The minimum atomic E-state index is -0.0987. The van der Waals surface area contributed by atoms with Gasteiger partial charge < -0.3 is 24.7 Å². The van der Waals surface area contributed by atoms with Crippen LogP contribution >= 0.6 is 0 Å². The molecule has 2 aromatic rings. The average molecular weight is 370 g/mol. The maximum Gasteiger partial charge on any atom is 0.239 e. The van der Waals surface area contributed by atoms with Gasteiger partial charge in [0, 0.05) is 26.1 Å². The Morgan fingerprint density at radius 3 is 2.78 bits per heavy atom. The largest absolute Gasteiger partial charge is 0.497 e. The van der Waals surface area contributed by atoms with Crippen LogP contribution in [0, 0.1) is 0 Å². The highest BCUT2D eigenvalue weighted by atomic mass is 16.5. The van der Waals surface area contributed by atoms with Crippen molar-refractivity contribution < 1.29 is 13.9 Å². The molecule has 1 saturated heterocycles. The summed E-state index contributed by atoms with van der Waals surface area (Å²) < 4.78 is 10.4. The van der Waals surface area contributed by atoms with E-state index in [2.05, 4.69) is 32.7 Å². The van der Waals surface area contributed by atoms with Gasteiger partial charge in [-0.05, 0) is 36.2 Å². The van der Waals surface area contributed by atoms with Crippen LogP contribution in [-0.2, 0) is 11.3 Å². The van der Waals surface area contributed by atoms with E-state index >= 15 is 0 Å². The smallest absolute Gasteiger partial charge is 0.239 e. The van der Waals surface area contributed by atoms with Crippen molar-refractivity contribution in [3.8, 4) is 5.75 Å². The number of hydrogen-bond acceptors (Lipinski definition) is 4. The molecule has 2 N–H and O–H groups in total. The predicted molar refractivity (Wildman–Crippen MR) is 104 cm³/mol. The molecule has 1 aromatic heterocycles. The number of hydrogen-bond donors (Lipinski definition) is 2. The molecule has 0 aliphatic carbocycles. The molecule has 1 amide bonds. The van der Waals surface area contributed by atoms with Crippen LogP contribution < -0.4 is 15.4 Å². The summed E-state index contributed by atoms with van der Waals surface area (Å²) >= 11 is 0. The molecule has 0 bridgehead atoms. The lowest BCUT2D eigenvalue weighted by atomic mass is 9.98. The van der Waals surface area contributed by atoms with Crippen LogP contribution in [0.1, 0.15) is 23.7 Å². The molecule has 144 valence electrons. The summed E-state index contributed by atoms with van der Waals surface area (Å²) in [6, 6.07) is 11.9. The second-order valence-corrected chi connectivity index (χ2v) is 6.46. The van der Waals surface area contributed by atoms with E-state index in [1.165, 1.54) is 5.56 Å². The van der Waals surface area contributed by atoms with Crippen LogP contribution in [0.25, 0.3) is 0 Å². The van der Waals surface area contributed by atoms with Gasteiger partial charge in [-0.15, -0.1) is 0 Å². The van der Waals surface area contributed by atoms with Crippen molar-refractivity contribution in [2.75, 3.05) is 33.8 Å². The molecule has 0 spiro atoms. The molecule has 1 aliphatic heterocycles. The monoisotopic (exact) mass is 370 g/mol. The van der Waals surface area contributed by atoms with Crippen LogP contribution in [0.2, 0.25) is 0 Å². The van der Waals surface area contributed by atoms with Crippen molar-refractivity contribution in [1.29, 1.82) is 0 Å². The minimum Gasteiger partial charge on any atom is -0.497 e. The zero-order valence-electron chi connectivity index (χ0n) is 15.8. The van der Waals surface area contributed by atoms with Gasteiger partial charge in [-0.3, -0.25) is 9.79 Å². The van der Waals surface area contributed by atoms with E-state index < -0.39 is 0 Å². The number of benzene rings is 1. The van der Waals surface area contributed by atoms with Crippen molar-refractivity contribution in [3.63, 3.8) is 0 Å². The lowest BCUT2D eigenvalue weighted by Gasteiger charge is -2.21. The van der Waals surface area contributed by atoms with Crippen LogP contribution in [0.3, 0.4) is 0 Å². The van der Waals surface area contributed by atoms with E-state index in [1.54, 1.807) is 26.5 Å². The maximum absolute atomic E-state index is 12.0. The fourth-order valence-corrected chi connectivity index (χ4v) is 3.25. The van der Waals surface area contributed by atoms with Crippen molar-refractivity contribution in [3.05, 3.63) is 54.0 Å². The Balaban J connectivity index is 1.47. The fourth-order valence-electron chi connectivity index (χ4n) is 3.25. The van der Waals surface area contributed by atoms with Gasteiger partial charge in [0.2, 0.25) is 5.91 Å². The van der Waals surface area contributed by atoms with Crippen molar-refractivity contribution in [1.82, 2.24) is 15.5 Å². The predicted octanol–water partition coefficient (Wildman–Crippen LogP) is 1.97. The number of rotatable bonds is 6. The minimum absolute atomic E-state index is 0.0987. The molecule has 0 radical (unpaired) electrons. The zero-order valence-corrected chi connectivity index (χ0v) is 15.8. The van der Waals surface area contributed by atoms with Crippen LogP contribution in [0.15, 0.2) is 52.1 Å². The molecule has 1 aliphatic rings. The number of aliphatic imine (C=N–C) groups is 1. The van der Waals surface area contributed by atoms with Crippen LogP contribution in [-0.4, -0.2) is 50.6 Å². The van der Waals surface area contributed by atoms with E-state index in [0.717, 1.165) is 37.0 Å². The molecule has 1 aromatic carbocycles. The highest BCUT2D eigenvalue weighted by Gasteiger charge is 2.26. The molecule has 7 nitrogen and oxygen atoms in total. The van der Waals surface area contributed by atoms with E-state index in [4.69, 9.17) is 9.15 Å². The second kappa shape index (κ2) is 9.12. The van der Waals surface area contributed by atoms with E-state index in [0.29, 0.717) is 12.5 Å². The Kier molecular flexibility index (Phi) is 6.35. The summed E-state index contributed by atoms with van der Waals surface area (Å²) in [5.74, 6) is 2.70. The Morgan fingerprint density at radius 2 is 2.11 bits per heavy atom. The summed E-state index contributed by atoms with van der Waals surface area (Å²) in [4.78, 5) is 18.5. The number of guanidine groups is 1. The van der Waals surface area contributed by atoms with Gasteiger partial charge in [0.15, 0.2) is 5.96 Å². The summed E-state index contributed by atoms with van der Waals surface area (Å²) in [7, 11) is 3.41. The third-order valence-corrected chi connectivity index (χ3v) is 4.73. The highest BCUT2D eigenvalue weighted by Crippen LogP contribution is 2.28. The number of methoxy groups -OCH3 is 1. The lowest BCUT2D eigenvalue weighted by molar-refractivity contribution is -0.120. The highest BCUT2D eigenvalue weighted by molar-refractivity contribution is 5.86. The fraction of sp³-hybridized carbons (Fsp3) is 0.400. The number of likely N-dealkylation sites (tertiary alicyclic amines) is 1. The molecular weight excluding hydrogens is 344 g/mol. The van der Waals surface area contributed by atoms with Crippen LogP contribution in [0.5, 0.6) is 5.75 Å². The Bertz CT molecular complexity index is 756. The van der Waals surface area contributed by atoms with Crippen molar-refractivity contribution in [2.24, 2.45) is 4.99 Å². The normalized spacial score (nSPS) is 17.0. The average Bonchev–Trinajstić information content (AvgIpc) is 3.39. The number of ether oxygens (including phenoxy) is 1. The first-order valence-electron chi connectivity index (χ1n) is 9.08. The first kappa shape index (κ1) is 18.8. The Morgan fingerprint density at radius 1 is 1.30 bits per heavy atom. The summed E-state index contributed by atoms with van der Waals surface area (Å²) in [5, 5.41) is 5.96. The van der Waals surface area contributed by atoms with E-state index in [1.807, 2.05) is 18.2 Å². The van der Waals surface area contributed by atoms with Gasteiger partial charge in [0.05, 0.1) is 26.5 Å². The summed E-state index contributed by atoms with van der Waals surface area (Å²) in [5.41, 5.74) is 1.30. The molecule has 7 heteroatoms. The molecule has 1 atom stereocenters. The van der Waals surface area contributed by atoms with E-state index in [9.17, 15) is 4.79 Å². The van der Waals surface area contributed by atoms with Crippen molar-refractivity contribution >= 4 is 11.9 Å². The van der Waals surface area contributed by atoms with Crippen molar-refractivity contribution in [2.45, 2.75) is 18.9 Å². The quantitative estimate of drug-likeness (QED) is 0.600. The second-order valence-electron chi connectivity index (χ2n) is 6.46. The molecule has 2 heterocycles. The van der Waals surface area contributed by atoms with Gasteiger partial charge in [0.25, 0.3) is 0 Å².